The molecule has 0 unspecified atom stereocenters. The number of anilines is 1. The molecule has 29 heavy (non-hydrogen) atoms. The van der Waals surface area contributed by atoms with Gasteiger partial charge in [0.2, 0.25) is 5.91 Å². The molecule has 0 bridgehead atoms. The molecule has 0 saturated heterocycles. The van der Waals surface area contributed by atoms with Gasteiger partial charge in [-0.05, 0) is 36.6 Å². The number of furan rings is 1. The summed E-state index contributed by atoms with van der Waals surface area (Å²) in [5, 5.41) is 2.87. The van der Waals surface area contributed by atoms with Gasteiger partial charge >= 0.3 is 0 Å². The molecule has 1 N–H and O–H groups in total. The molecule has 3 aromatic rings. The van der Waals surface area contributed by atoms with Crippen molar-refractivity contribution in [2.75, 3.05) is 25.2 Å². The molecule has 3 rings (SSSR count). The van der Waals surface area contributed by atoms with E-state index in [1.54, 1.807) is 36.6 Å². The fourth-order valence-corrected chi connectivity index (χ4v) is 4.17. The minimum absolute atomic E-state index is 0.0620. The van der Waals surface area contributed by atoms with Crippen LogP contribution in [0, 0.1) is 0 Å². The normalized spacial score (nSPS) is 10.6. The van der Waals surface area contributed by atoms with E-state index in [1.165, 1.54) is 11.2 Å². The first-order valence-electron chi connectivity index (χ1n) is 9.01. The van der Waals surface area contributed by atoms with Crippen LogP contribution in [0.25, 0.3) is 0 Å². The summed E-state index contributed by atoms with van der Waals surface area (Å²) in [6.07, 6.45) is 3.46. The van der Waals surface area contributed by atoms with Gasteiger partial charge in [-0.15, -0.1) is 23.5 Å². The lowest BCUT2D eigenvalue weighted by atomic mass is 10.2. The molecule has 1 heterocycles. The Labute approximate surface area is 178 Å². The number of hydrogen-bond acceptors (Lipinski definition) is 5. The lowest BCUT2D eigenvalue weighted by Crippen LogP contribution is -2.35. The Balaban J connectivity index is 1.60. The van der Waals surface area contributed by atoms with Gasteiger partial charge in [0.15, 0.2) is 5.76 Å². The number of nitrogens with one attached hydrogen (secondary N) is 1. The highest BCUT2D eigenvalue weighted by molar-refractivity contribution is 7.98. The van der Waals surface area contributed by atoms with Gasteiger partial charge in [0.05, 0.1) is 18.5 Å². The molecule has 0 aliphatic heterocycles. The Morgan fingerprint density at radius 1 is 1.03 bits per heavy atom. The van der Waals surface area contributed by atoms with Crippen LogP contribution in [0.2, 0.25) is 0 Å². The summed E-state index contributed by atoms with van der Waals surface area (Å²) >= 11 is 3.18. The third kappa shape index (κ3) is 5.68. The average Bonchev–Trinajstić information content (AvgIpc) is 3.21. The van der Waals surface area contributed by atoms with Crippen molar-refractivity contribution >= 4 is 41.0 Å². The number of carbonyl (C=O) groups excluding carboxylic acids is 2. The van der Waals surface area contributed by atoms with Crippen LogP contribution in [0.3, 0.4) is 0 Å². The number of nitrogens with zero attached hydrogens (tertiary/aromatic N) is 1. The first-order chi connectivity index (χ1) is 14.1. The van der Waals surface area contributed by atoms with Crippen molar-refractivity contribution in [1.29, 1.82) is 0 Å². The van der Waals surface area contributed by atoms with Gasteiger partial charge in [0.1, 0.15) is 0 Å². The van der Waals surface area contributed by atoms with Crippen LogP contribution < -0.4 is 5.32 Å². The van der Waals surface area contributed by atoms with Crippen LogP contribution in [-0.4, -0.2) is 36.6 Å². The molecule has 7 heteroatoms. The maximum absolute atomic E-state index is 12.8. The first-order valence-corrected chi connectivity index (χ1v) is 11.2. The molecular formula is C22H22N2O3S2. The molecule has 1 aromatic heterocycles. The van der Waals surface area contributed by atoms with Crippen LogP contribution in [0.1, 0.15) is 16.1 Å². The Kier molecular flexibility index (Phi) is 7.43. The Bertz CT molecular complexity index is 973. The second kappa shape index (κ2) is 10.2. The van der Waals surface area contributed by atoms with E-state index >= 15 is 0 Å². The zero-order valence-corrected chi connectivity index (χ0v) is 17.9. The highest BCUT2D eigenvalue weighted by Gasteiger charge is 2.21. The lowest BCUT2D eigenvalue weighted by molar-refractivity contribution is -0.116. The molecule has 0 aliphatic carbocycles. The van der Waals surface area contributed by atoms with Crippen LogP contribution in [0.4, 0.5) is 5.69 Å². The Hall–Kier alpha value is -2.64. The summed E-state index contributed by atoms with van der Waals surface area (Å²) < 4.78 is 5.43. The van der Waals surface area contributed by atoms with Crippen LogP contribution in [0.15, 0.2) is 81.1 Å². The van der Waals surface area contributed by atoms with E-state index in [0.717, 1.165) is 21.0 Å². The van der Waals surface area contributed by atoms with Gasteiger partial charge in [-0.25, -0.2) is 0 Å². The predicted octanol–water partition coefficient (Wildman–Crippen LogP) is 5.00. The first kappa shape index (κ1) is 21.1. The van der Waals surface area contributed by atoms with Crippen molar-refractivity contribution in [3.8, 4) is 0 Å². The fourth-order valence-electron chi connectivity index (χ4n) is 2.71. The van der Waals surface area contributed by atoms with Gasteiger partial charge in [-0.3, -0.25) is 9.59 Å². The highest BCUT2D eigenvalue weighted by Crippen LogP contribution is 2.26. The molecule has 0 aliphatic rings. The zero-order valence-electron chi connectivity index (χ0n) is 16.3. The Morgan fingerprint density at radius 3 is 2.52 bits per heavy atom. The van der Waals surface area contributed by atoms with Gasteiger partial charge in [-0.2, -0.15) is 0 Å². The number of benzene rings is 2. The second-order valence-corrected chi connectivity index (χ2v) is 8.18. The number of amides is 2. The molecule has 150 valence electrons. The molecule has 0 saturated carbocycles. The van der Waals surface area contributed by atoms with Crippen molar-refractivity contribution in [3.05, 3.63) is 78.3 Å². The minimum Gasteiger partial charge on any atom is -0.459 e. The van der Waals surface area contributed by atoms with Gasteiger partial charge in [0, 0.05) is 28.2 Å². The van der Waals surface area contributed by atoms with Crippen molar-refractivity contribution < 1.29 is 14.0 Å². The number of thioether (sulfide) groups is 2. The minimum atomic E-state index is -0.313. The van der Waals surface area contributed by atoms with Crippen LogP contribution in [-0.2, 0) is 10.5 Å². The van der Waals surface area contributed by atoms with Crippen molar-refractivity contribution in [1.82, 2.24) is 4.90 Å². The van der Waals surface area contributed by atoms with E-state index in [0.29, 0.717) is 5.75 Å². The van der Waals surface area contributed by atoms with Crippen molar-refractivity contribution in [2.45, 2.75) is 15.5 Å². The standard InChI is InChI=1S/C22H22N2O3S2/c1-24(14-20(25)23-18-10-6-7-11-19(18)28-2)22(26)21-16(12-13-27-21)15-29-17-8-4-3-5-9-17/h3-13H,14-15H2,1-2H3,(H,23,25). The van der Waals surface area contributed by atoms with E-state index in [2.05, 4.69) is 5.32 Å². The molecule has 2 aromatic carbocycles. The van der Waals surface area contributed by atoms with Gasteiger partial charge in [0.25, 0.3) is 5.91 Å². The van der Waals surface area contributed by atoms with E-state index in [9.17, 15) is 9.59 Å². The molecule has 2 amide bonds. The maximum Gasteiger partial charge on any atom is 0.290 e. The topological polar surface area (TPSA) is 62.6 Å². The van der Waals surface area contributed by atoms with Gasteiger partial charge in [-0.1, -0.05) is 30.3 Å². The summed E-state index contributed by atoms with van der Waals surface area (Å²) in [4.78, 5) is 28.7. The highest BCUT2D eigenvalue weighted by atomic mass is 32.2. The number of rotatable bonds is 8. The summed E-state index contributed by atoms with van der Waals surface area (Å²) in [6.45, 7) is -0.0620. The zero-order chi connectivity index (χ0) is 20.6. The average molecular weight is 427 g/mol. The quantitative estimate of drug-likeness (QED) is 0.513. The van der Waals surface area contributed by atoms with Gasteiger partial charge < -0.3 is 14.6 Å². The number of likely N-dealkylation sites (N-methyl/N-ethyl adjacent to an activating group) is 1. The molecular weight excluding hydrogens is 404 g/mol. The summed E-state index contributed by atoms with van der Waals surface area (Å²) in [5.41, 5.74) is 1.55. The van der Waals surface area contributed by atoms with E-state index < -0.39 is 0 Å². The summed E-state index contributed by atoms with van der Waals surface area (Å²) in [5.74, 6) is 0.317. The lowest BCUT2D eigenvalue weighted by Gasteiger charge is -2.17. The summed E-state index contributed by atoms with van der Waals surface area (Å²) in [7, 11) is 1.60. The van der Waals surface area contributed by atoms with E-state index in [-0.39, 0.29) is 24.1 Å². The number of hydrogen-bond donors (Lipinski definition) is 1. The maximum atomic E-state index is 12.8. The monoisotopic (exact) mass is 426 g/mol. The predicted molar refractivity (Wildman–Crippen MR) is 119 cm³/mol. The second-order valence-electron chi connectivity index (χ2n) is 6.29. The van der Waals surface area contributed by atoms with Crippen LogP contribution >= 0.6 is 23.5 Å². The smallest absolute Gasteiger partial charge is 0.290 e. The fraction of sp³-hybridized carbons (Fsp3) is 0.182. The third-order valence-corrected chi connectivity index (χ3v) is 6.04. The largest absolute Gasteiger partial charge is 0.459 e. The molecule has 0 fully saturated rings. The van der Waals surface area contributed by atoms with E-state index in [1.807, 2.05) is 60.9 Å². The van der Waals surface area contributed by atoms with Crippen molar-refractivity contribution in [3.63, 3.8) is 0 Å². The van der Waals surface area contributed by atoms with E-state index in [4.69, 9.17) is 4.42 Å². The third-order valence-electron chi connectivity index (χ3n) is 4.19. The molecule has 0 radical (unpaired) electrons. The number of para-hydroxylation sites is 1. The SMILES string of the molecule is CSc1ccccc1NC(=O)CN(C)C(=O)c1occc1CSc1ccccc1. The van der Waals surface area contributed by atoms with Crippen molar-refractivity contribution in [2.24, 2.45) is 0 Å². The molecule has 0 spiro atoms. The molecule has 0 atom stereocenters. The Morgan fingerprint density at radius 2 is 1.76 bits per heavy atom. The number of carbonyl (C=O) groups is 2. The summed E-state index contributed by atoms with van der Waals surface area (Å²) in [6, 6.07) is 19.3. The van der Waals surface area contributed by atoms with Crippen LogP contribution in [0.5, 0.6) is 0 Å². The molecule has 5 nitrogen and oxygen atoms in total.